The summed E-state index contributed by atoms with van der Waals surface area (Å²) in [6, 6.07) is 16.7. The van der Waals surface area contributed by atoms with Crippen molar-refractivity contribution in [1.82, 2.24) is 4.57 Å². The summed E-state index contributed by atoms with van der Waals surface area (Å²) in [5, 5.41) is 20.8. The van der Waals surface area contributed by atoms with Gasteiger partial charge in [0.05, 0.1) is 22.5 Å². The largest absolute Gasteiger partial charge is 0.508 e. The number of phenolic OH excluding ortho intramolecular Hbond substituents is 1. The van der Waals surface area contributed by atoms with E-state index in [1.807, 2.05) is 0 Å². The van der Waals surface area contributed by atoms with Crippen molar-refractivity contribution in [2.75, 3.05) is 0 Å². The fourth-order valence-electron chi connectivity index (χ4n) is 3.30. The van der Waals surface area contributed by atoms with Gasteiger partial charge in [0.2, 0.25) is 5.88 Å². The van der Waals surface area contributed by atoms with Gasteiger partial charge in [0, 0.05) is 17.0 Å². The Kier molecular flexibility index (Phi) is 4.98. The molecular weight excluding hydrogens is 409 g/mol. The molecule has 4 rings (SSSR count). The highest BCUT2D eigenvalue weighted by Gasteiger charge is 2.34. The summed E-state index contributed by atoms with van der Waals surface area (Å²) >= 11 is 0. The number of hydrogen-bond donors (Lipinski definition) is 2. The van der Waals surface area contributed by atoms with Gasteiger partial charge < -0.3 is 10.2 Å². The van der Waals surface area contributed by atoms with Crippen molar-refractivity contribution >= 4 is 22.7 Å². The molecule has 0 spiro atoms. The van der Waals surface area contributed by atoms with Gasteiger partial charge in [-0.25, -0.2) is 4.57 Å². The van der Waals surface area contributed by atoms with Crippen molar-refractivity contribution in [1.29, 1.82) is 0 Å². The molecule has 0 aliphatic rings. The third kappa shape index (κ3) is 3.75. The summed E-state index contributed by atoms with van der Waals surface area (Å²) in [5.74, 6) is -0.618. The lowest BCUT2D eigenvalue weighted by Crippen LogP contribution is -2.23. The first-order valence-electron chi connectivity index (χ1n) is 9.14. The van der Waals surface area contributed by atoms with Crippen LogP contribution < -0.4 is 5.56 Å². The number of aliphatic imine (C=N–C) groups is 1. The quantitative estimate of drug-likeness (QED) is 0.446. The summed E-state index contributed by atoms with van der Waals surface area (Å²) in [7, 11) is 0. The number of halogens is 3. The van der Waals surface area contributed by atoms with Gasteiger partial charge in [-0.2, -0.15) is 13.2 Å². The second-order valence-electron chi connectivity index (χ2n) is 6.71. The Hall–Kier alpha value is -4.07. The first-order valence-corrected chi connectivity index (χ1v) is 9.14. The molecule has 0 aliphatic heterocycles. The zero-order chi connectivity index (χ0) is 22.2. The molecule has 1 aromatic heterocycles. The van der Waals surface area contributed by atoms with Crippen LogP contribution in [0.15, 0.2) is 82.6 Å². The Morgan fingerprint density at radius 1 is 0.839 bits per heavy atom. The zero-order valence-electron chi connectivity index (χ0n) is 15.8. The number of fused-ring (bicyclic) bond motifs is 1. The molecule has 0 unspecified atom stereocenters. The van der Waals surface area contributed by atoms with E-state index in [0.29, 0.717) is 15.6 Å². The number of aromatic hydroxyl groups is 2. The standard InChI is InChI=1S/C23H15F3N2O3/c24-23(25,26)19-7-3-4-8-20(19)28-21(30)17-6-2-1-5-16(17)18(22(28)31)13-27-14-9-11-15(29)12-10-14/h1-13,29,31H. The number of benzene rings is 3. The Balaban J connectivity index is 2.01. The molecular formula is C23H15F3N2O3. The van der Waals surface area contributed by atoms with Crippen LogP contribution in [0.1, 0.15) is 11.1 Å². The smallest absolute Gasteiger partial charge is 0.418 e. The molecule has 0 amide bonds. The predicted molar refractivity (Wildman–Crippen MR) is 112 cm³/mol. The lowest BCUT2D eigenvalue weighted by atomic mass is 10.1. The van der Waals surface area contributed by atoms with Crippen LogP contribution in [-0.4, -0.2) is 21.0 Å². The lowest BCUT2D eigenvalue weighted by Gasteiger charge is -2.18. The van der Waals surface area contributed by atoms with E-state index in [2.05, 4.69) is 4.99 Å². The first-order chi connectivity index (χ1) is 14.8. The van der Waals surface area contributed by atoms with Crippen molar-refractivity contribution in [3.8, 4) is 17.3 Å². The Labute approximate surface area is 174 Å². The molecule has 3 aromatic carbocycles. The predicted octanol–water partition coefficient (Wildman–Crippen LogP) is 5.17. The summed E-state index contributed by atoms with van der Waals surface area (Å²) < 4.78 is 41.4. The average molecular weight is 424 g/mol. The summed E-state index contributed by atoms with van der Waals surface area (Å²) in [4.78, 5) is 17.3. The van der Waals surface area contributed by atoms with E-state index in [-0.39, 0.29) is 16.7 Å². The maximum absolute atomic E-state index is 13.6. The minimum absolute atomic E-state index is 0.0459. The SMILES string of the molecule is O=c1c2ccccc2c(C=Nc2ccc(O)cc2)c(O)n1-c1ccccc1C(F)(F)F. The Morgan fingerprint density at radius 3 is 2.13 bits per heavy atom. The van der Waals surface area contributed by atoms with Gasteiger partial charge in [-0.1, -0.05) is 30.3 Å². The van der Waals surface area contributed by atoms with Crippen LogP contribution in [0.25, 0.3) is 16.5 Å². The van der Waals surface area contributed by atoms with Gasteiger partial charge in [-0.05, 0) is 42.5 Å². The third-order valence-corrected chi connectivity index (χ3v) is 4.75. The first kappa shape index (κ1) is 20.2. The minimum Gasteiger partial charge on any atom is -0.508 e. The zero-order valence-corrected chi connectivity index (χ0v) is 15.8. The molecule has 156 valence electrons. The Bertz CT molecular complexity index is 1360. The minimum atomic E-state index is -4.73. The van der Waals surface area contributed by atoms with Gasteiger partial charge in [-0.15, -0.1) is 0 Å². The number of aromatic nitrogens is 1. The van der Waals surface area contributed by atoms with Crippen molar-refractivity contribution < 1.29 is 23.4 Å². The van der Waals surface area contributed by atoms with E-state index >= 15 is 0 Å². The van der Waals surface area contributed by atoms with Crippen LogP contribution in [0.3, 0.4) is 0 Å². The number of phenols is 1. The maximum Gasteiger partial charge on any atom is 0.418 e. The van der Waals surface area contributed by atoms with E-state index in [4.69, 9.17) is 0 Å². The molecule has 0 fully saturated rings. The fourth-order valence-corrected chi connectivity index (χ4v) is 3.30. The molecule has 4 aromatic rings. The van der Waals surface area contributed by atoms with E-state index < -0.39 is 28.9 Å². The molecule has 8 heteroatoms. The monoisotopic (exact) mass is 424 g/mol. The van der Waals surface area contributed by atoms with Crippen molar-refractivity contribution in [3.63, 3.8) is 0 Å². The van der Waals surface area contributed by atoms with E-state index in [1.165, 1.54) is 48.7 Å². The fraction of sp³-hybridized carbons (Fsp3) is 0.0435. The number of alkyl halides is 3. The third-order valence-electron chi connectivity index (χ3n) is 4.75. The maximum atomic E-state index is 13.6. The van der Waals surface area contributed by atoms with Crippen LogP contribution in [0.2, 0.25) is 0 Å². The molecule has 0 atom stereocenters. The topological polar surface area (TPSA) is 74.8 Å². The van der Waals surface area contributed by atoms with Crippen molar-refractivity contribution in [2.24, 2.45) is 4.99 Å². The molecule has 2 N–H and O–H groups in total. The van der Waals surface area contributed by atoms with E-state index in [1.54, 1.807) is 18.2 Å². The summed E-state index contributed by atoms with van der Waals surface area (Å²) in [6.07, 6.45) is -3.45. The highest BCUT2D eigenvalue weighted by Crippen LogP contribution is 2.36. The van der Waals surface area contributed by atoms with Gasteiger partial charge in [0.15, 0.2) is 0 Å². The van der Waals surface area contributed by atoms with E-state index in [0.717, 1.165) is 12.1 Å². The lowest BCUT2D eigenvalue weighted by molar-refractivity contribution is -0.137. The molecule has 0 radical (unpaired) electrons. The van der Waals surface area contributed by atoms with Gasteiger partial charge in [0.25, 0.3) is 5.56 Å². The molecule has 0 bridgehead atoms. The highest BCUT2D eigenvalue weighted by atomic mass is 19.4. The van der Waals surface area contributed by atoms with Crippen LogP contribution >= 0.6 is 0 Å². The van der Waals surface area contributed by atoms with Crippen LogP contribution in [-0.2, 0) is 6.18 Å². The van der Waals surface area contributed by atoms with E-state index in [9.17, 15) is 28.2 Å². The van der Waals surface area contributed by atoms with Gasteiger partial charge in [-0.3, -0.25) is 9.79 Å². The average Bonchev–Trinajstić information content (AvgIpc) is 2.75. The molecule has 5 nitrogen and oxygen atoms in total. The van der Waals surface area contributed by atoms with Crippen LogP contribution in [0.5, 0.6) is 11.6 Å². The number of pyridine rings is 1. The molecule has 31 heavy (non-hydrogen) atoms. The summed E-state index contributed by atoms with van der Waals surface area (Å²) in [5.41, 5.74) is -1.80. The molecule has 0 saturated heterocycles. The Morgan fingerprint density at radius 2 is 1.45 bits per heavy atom. The molecule has 0 aliphatic carbocycles. The van der Waals surface area contributed by atoms with Gasteiger partial charge >= 0.3 is 6.18 Å². The number of rotatable bonds is 3. The van der Waals surface area contributed by atoms with Crippen LogP contribution in [0.4, 0.5) is 18.9 Å². The number of hydrogen-bond acceptors (Lipinski definition) is 4. The second-order valence-corrected chi connectivity index (χ2v) is 6.71. The second kappa shape index (κ2) is 7.64. The number of para-hydroxylation sites is 1. The summed E-state index contributed by atoms with van der Waals surface area (Å²) in [6.45, 7) is 0. The number of nitrogens with zero attached hydrogens (tertiary/aromatic N) is 2. The molecule has 1 heterocycles. The van der Waals surface area contributed by atoms with Crippen molar-refractivity contribution in [3.05, 3.63) is 94.3 Å². The van der Waals surface area contributed by atoms with Crippen LogP contribution in [0, 0.1) is 0 Å². The van der Waals surface area contributed by atoms with Gasteiger partial charge in [0.1, 0.15) is 5.75 Å². The normalized spacial score (nSPS) is 12.0. The van der Waals surface area contributed by atoms with Crippen molar-refractivity contribution in [2.45, 2.75) is 6.18 Å². The molecule has 0 saturated carbocycles. The highest BCUT2D eigenvalue weighted by molar-refractivity contribution is 6.02.